The van der Waals surface area contributed by atoms with Crippen LogP contribution < -0.4 is 0 Å². The minimum Gasteiger partial charge on any atom is -0.300 e. The molecule has 0 aliphatic heterocycles. The van der Waals surface area contributed by atoms with Gasteiger partial charge in [0.25, 0.3) is 6.04 Å². The third kappa shape index (κ3) is 5890. The molecule has 0 bridgehead atoms. The first-order chi connectivity index (χ1) is 3.46. The summed E-state index contributed by atoms with van der Waals surface area (Å²) in [5.41, 5.74) is 0. The molecule has 0 N–H and O–H groups in total. The Bertz CT molecular complexity index is 73.0. The summed E-state index contributed by atoms with van der Waals surface area (Å²) in [4.78, 5) is 18.2. The summed E-state index contributed by atoms with van der Waals surface area (Å²) < 4.78 is 10.4. The zero-order valence-electron chi connectivity index (χ0n) is 5.50. The van der Waals surface area contributed by atoms with Gasteiger partial charge in [0.15, 0.2) is 0 Å². The van der Waals surface area contributed by atoms with Gasteiger partial charge >= 0.3 is 0 Å². The number of hydrogen-bond donors (Lipinski definition) is 0. The molecule has 4 heteroatoms. The minimum atomic E-state index is -1.33. The summed E-state index contributed by atoms with van der Waals surface area (Å²) in [5, 5.41) is 0. The number of carbonyl (C=O) groups is 2. The van der Waals surface area contributed by atoms with E-state index in [0.717, 1.165) is 6.92 Å². The quantitative estimate of drug-likeness (QED) is 0.416. The van der Waals surface area contributed by atoms with Crippen molar-refractivity contribution in [1.29, 1.82) is 0 Å². The van der Waals surface area contributed by atoms with Crippen LogP contribution in [0.5, 0.6) is 0 Å². The molecule has 0 aliphatic rings. The zero-order chi connectivity index (χ0) is 7.15. The third-order valence-corrected chi connectivity index (χ3v) is 0. The maximum Gasteiger partial charge on any atom is 0.298 e. The van der Waals surface area contributed by atoms with Crippen LogP contribution >= 0.6 is 0 Å². The molecule has 0 aromatic rings. The van der Waals surface area contributed by atoms with E-state index in [1.165, 1.54) is 13.8 Å². The smallest absolute Gasteiger partial charge is 0.298 e. The van der Waals surface area contributed by atoms with Gasteiger partial charge in [-0.25, -0.2) is 0 Å². The van der Waals surface area contributed by atoms with Crippen LogP contribution in [0.2, 0.25) is 0 Å². The van der Waals surface area contributed by atoms with Gasteiger partial charge in [-0.05, 0) is 13.8 Å². The number of Topliss-reactive ketones (excluding diaryl/α,β-unsaturated/α-hetero) is 1. The van der Waals surface area contributed by atoms with E-state index in [-0.39, 0.29) is 22.9 Å². The Labute approximate surface area is 64.3 Å². The van der Waals surface area contributed by atoms with Crippen LogP contribution in [0.25, 0.3) is 0 Å². The van der Waals surface area contributed by atoms with Crippen molar-refractivity contribution in [3.05, 3.63) is 0 Å². The van der Waals surface area contributed by atoms with Gasteiger partial charge in [-0.1, -0.05) is 0 Å². The Morgan fingerprint density at radius 1 is 1.11 bits per heavy atom. The number of ketones is 1. The van der Waals surface area contributed by atoms with Gasteiger partial charge in [0.05, 0.1) is 0 Å². The second kappa shape index (κ2) is 10.7. The van der Waals surface area contributed by atoms with Gasteiger partial charge < -0.3 is 4.79 Å². The molecule has 9 heavy (non-hydrogen) atoms. The summed E-state index contributed by atoms with van der Waals surface area (Å²) >= 11 is 0. The molecule has 0 saturated carbocycles. The van der Waals surface area contributed by atoms with Gasteiger partial charge in [0.1, 0.15) is 5.78 Å². The van der Waals surface area contributed by atoms with E-state index < -0.39 is 6.04 Å². The molecule has 59 valence electrons. The Balaban J connectivity index is -0.0000000720. The molecule has 1 radical (unpaired) electrons. The van der Waals surface area contributed by atoms with Crippen LogP contribution in [-0.4, -0.2) is 11.8 Å². The van der Waals surface area contributed by atoms with Crippen LogP contribution in [0, 0.1) is 0 Å². The van der Waals surface area contributed by atoms with Gasteiger partial charge in [0, 0.05) is 24.0 Å². The Morgan fingerprint density at radius 3 is 1.11 bits per heavy atom. The van der Waals surface area contributed by atoms with Crippen molar-refractivity contribution in [2.45, 2.75) is 20.8 Å². The molecular formula is C5H9CuFO2. The van der Waals surface area contributed by atoms with Crippen molar-refractivity contribution in [2.24, 2.45) is 0 Å². The summed E-state index contributed by atoms with van der Waals surface area (Å²) in [7, 11) is 0. The first kappa shape index (κ1) is 15.9. The summed E-state index contributed by atoms with van der Waals surface area (Å²) in [6.45, 7) is 3.92. The van der Waals surface area contributed by atoms with E-state index in [9.17, 15) is 9.18 Å². The van der Waals surface area contributed by atoms with E-state index in [1.807, 2.05) is 0 Å². The maximum absolute atomic E-state index is 10.4. The van der Waals surface area contributed by atoms with Crippen molar-refractivity contribution in [2.75, 3.05) is 0 Å². The maximum atomic E-state index is 10.4. The van der Waals surface area contributed by atoms with E-state index in [1.54, 1.807) is 0 Å². The summed E-state index contributed by atoms with van der Waals surface area (Å²) in [5.74, 6) is 0.167. The molecule has 0 aromatic carbocycles. The molecule has 0 amide bonds. The molecule has 0 aliphatic carbocycles. The van der Waals surface area contributed by atoms with Gasteiger partial charge in [0.2, 0.25) is 0 Å². The molecule has 0 unspecified atom stereocenters. The Kier molecular flexibility index (Phi) is 18.9. The van der Waals surface area contributed by atoms with Gasteiger partial charge in [-0.15, -0.1) is 0 Å². The largest absolute Gasteiger partial charge is 0.300 e. The van der Waals surface area contributed by atoms with Crippen LogP contribution in [0.15, 0.2) is 0 Å². The van der Waals surface area contributed by atoms with Crippen molar-refractivity contribution in [3.8, 4) is 0 Å². The zero-order valence-corrected chi connectivity index (χ0v) is 6.44. The van der Waals surface area contributed by atoms with Crippen LogP contribution in [0.4, 0.5) is 4.39 Å². The Morgan fingerprint density at radius 2 is 1.11 bits per heavy atom. The third-order valence-electron chi connectivity index (χ3n) is 0. The normalized spacial score (nSPS) is 5.78. The average Bonchev–Trinajstić information content (AvgIpc) is 1.25. The predicted molar refractivity (Wildman–Crippen MR) is 28.1 cm³/mol. The molecule has 0 rings (SSSR count). The molecule has 0 fully saturated rings. The van der Waals surface area contributed by atoms with Crippen molar-refractivity contribution in [1.82, 2.24) is 0 Å². The van der Waals surface area contributed by atoms with Crippen molar-refractivity contribution in [3.63, 3.8) is 0 Å². The van der Waals surface area contributed by atoms with Crippen LogP contribution in [0.1, 0.15) is 20.8 Å². The fourth-order valence-corrected chi connectivity index (χ4v) is 0. The summed E-state index contributed by atoms with van der Waals surface area (Å²) in [6.07, 6.45) is 0. The fourth-order valence-electron chi connectivity index (χ4n) is 0. The fraction of sp³-hybridized carbons (Fsp3) is 0.600. The average molecular weight is 184 g/mol. The second-order valence-electron chi connectivity index (χ2n) is 1.38. The molecule has 0 spiro atoms. The van der Waals surface area contributed by atoms with Crippen molar-refractivity contribution < 1.29 is 31.0 Å². The van der Waals surface area contributed by atoms with E-state index in [4.69, 9.17) is 4.79 Å². The molecular weight excluding hydrogens is 175 g/mol. The number of carbonyl (C=O) groups excluding carboxylic acids is 2. The predicted octanol–water partition coefficient (Wildman–Crippen LogP) is 1.10. The first-order valence-electron chi connectivity index (χ1n) is 2.10. The Hall–Kier alpha value is -0.211. The van der Waals surface area contributed by atoms with Crippen LogP contribution in [-0.2, 0) is 26.7 Å². The van der Waals surface area contributed by atoms with E-state index in [0.29, 0.717) is 0 Å². The summed E-state index contributed by atoms with van der Waals surface area (Å²) in [6, 6.07) is -1.33. The molecule has 0 aromatic heterocycles. The monoisotopic (exact) mass is 183 g/mol. The minimum absolute atomic E-state index is 0. The topological polar surface area (TPSA) is 34.1 Å². The SMILES string of the molecule is CC(=O)F.CC(C)=O.[Cu]. The molecule has 0 saturated heterocycles. The first-order valence-corrected chi connectivity index (χ1v) is 2.10. The van der Waals surface area contributed by atoms with Crippen LogP contribution in [0.3, 0.4) is 0 Å². The standard InChI is InChI=1S/C3H6O.C2H3FO.Cu/c1-3(2)4;1-2(3)4;/h1-2H3;1H3;. The number of rotatable bonds is 0. The van der Waals surface area contributed by atoms with Gasteiger partial charge in [-0.3, -0.25) is 4.79 Å². The molecule has 2 nitrogen and oxygen atoms in total. The van der Waals surface area contributed by atoms with Gasteiger partial charge in [-0.2, -0.15) is 4.39 Å². The molecule has 0 atom stereocenters. The second-order valence-corrected chi connectivity index (χ2v) is 1.38. The molecule has 0 heterocycles. The number of hydrogen-bond acceptors (Lipinski definition) is 2. The van der Waals surface area contributed by atoms with Crippen molar-refractivity contribution >= 4 is 11.8 Å². The number of halogens is 1. The van der Waals surface area contributed by atoms with E-state index >= 15 is 0 Å². The van der Waals surface area contributed by atoms with E-state index in [2.05, 4.69) is 0 Å².